The molecule has 1 aliphatic heterocycles. The molecule has 10 rings (SSSR count). The Morgan fingerprint density at radius 1 is 0.569 bits per heavy atom. The van der Waals surface area contributed by atoms with E-state index in [1.807, 2.05) is 19.9 Å². The topological polar surface area (TPSA) is 41.9 Å². The lowest BCUT2D eigenvalue weighted by atomic mass is 9.90. The predicted molar refractivity (Wildman–Crippen MR) is 244 cm³/mol. The molecule has 0 unspecified atom stereocenters. The fraction of sp³-hybridized carbons (Fsp3) is 0.167. The number of fused-ring (bicyclic) bond motifs is 4. The van der Waals surface area contributed by atoms with E-state index in [9.17, 15) is 0 Å². The first-order chi connectivity index (χ1) is 28.6. The lowest BCUT2D eigenvalue weighted by molar-refractivity contribution is 0.954. The SMILES string of the molecule is CC.Cc1ccccc1CC1=C(c2nc(-c3ccccc3)nc(-c3cccc4c3-c3cccc(-c5ccc(-c6cccc7c6C=CCN7C)cc5)c3C4)n2)CCC=C1. The molecule has 0 radical (unpaired) electrons. The molecule has 0 saturated heterocycles. The Labute approximate surface area is 343 Å². The Kier molecular flexibility index (Phi) is 10.2. The van der Waals surface area contributed by atoms with Crippen LogP contribution in [0.15, 0.2) is 157 Å². The summed E-state index contributed by atoms with van der Waals surface area (Å²) in [6.45, 7) is 7.13. The van der Waals surface area contributed by atoms with Gasteiger partial charge in [0.25, 0.3) is 0 Å². The van der Waals surface area contributed by atoms with Crippen LogP contribution in [0.3, 0.4) is 0 Å². The van der Waals surface area contributed by atoms with E-state index in [1.165, 1.54) is 78.0 Å². The lowest BCUT2D eigenvalue weighted by Crippen LogP contribution is -2.20. The summed E-state index contributed by atoms with van der Waals surface area (Å²) in [5, 5.41) is 0. The Morgan fingerprint density at radius 2 is 1.24 bits per heavy atom. The van der Waals surface area contributed by atoms with E-state index in [4.69, 9.17) is 15.0 Å². The maximum Gasteiger partial charge on any atom is 0.164 e. The fourth-order valence-electron chi connectivity index (χ4n) is 8.79. The van der Waals surface area contributed by atoms with E-state index < -0.39 is 0 Å². The van der Waals surface area contributed by atoms with E-state index >= 15 is 0 Å². The van der Waals surface area contributed by atoms with Gasteiger partial charge in [0.1, 0.15) is 0 Å². The molecule has 0 amide bonds. The molecule has 4 heteroatoms. The Bertz CT molecular complexity index is 2740. The summed E-state index contributed by atoms with van der Waals surface area (Å²) in [6, 6.07) is 48.1. The molecule has 7 aromatic rings. The van der Waals surface area contributed by atoms with Crippen LogP contribution >= 0.6 is 0 Å². The second kappa shape index (κ2) is 16.1. The third-order valence-electron chi connectivity index (χ3n) is 11.7. The van der Waals surface area contributed by atoms with Crippen LogP contribution in [0, 0.1) is 6.92 Å². The lowest BCUT2D eigenvalue weighted by Gasteiger charge is -2.25. The summed E-state index contributed by atoms with van der Waals surface area (Å²) in [6.07, 6.45) is 12.7. The Morgan fingerprint density at radius 3 is 2.07 bits per heavy atom. The molecule has 58 heavy (non-hydrogen) atoms. The highest BCUT2D eigenvalue weighted by Gasteiger charge is 2.27. The monoisotopic (exact) mass is 752 g/mol. The molecule has 4 nitrogen and oxygen atoms in total. The number of aromatic nitrogens is 3. The summed E-state index contributed by atoms with van der Waals surface area (Å²) in [5.41, 5.74) is 19.8. The zero-order valence-corrected chi connectivity index (χ0v) is 33.8. The summed E-state index contributed by atoms with van der Waals surface area (Å²) in [4.78, 5) is 18.1. The van der Waals surface area contributed by atoms with Crippen LogP contribution in [-0.2, 0) is 12.8 Å². The minimum absolute atomic E-state index is 0.703. The van der Waals surface area contributed by atoms with Crippen molar-refractivity contribution in [1.29, 1.82) is 0 Å². The van der Waals surface area contributed by atoms with E-state index in [-0.39, 0.29) is 0 Å². The van der Waals surface area contributed by atoms with Gasteiger partial charge in [0.15, 0.2) is 17.5 Å². The highest BCUT2D eigenvalue weighted by atomic mass is 15.1. The van der Waals surface area contributed by atoms with Gasteiger partial charge in [-0.2, -0.15) is 0 Å². The van der Waals surface area contributed by atoms with Gasteiger partial charge in [-0.15, -0.1) is 0 Å². The second-order valence-electron chi connectivity index (χ2n) is 15.2. The number of benzene rings is 6. The molecule has 3 aliphatic rings. The zero-order chi connectivity index (χ0) is 39.6. The number of nitrogens with zero attached hydrogens (tertiary/aromatic N) is 4. The smallest absolute Gasteiger partial charge is 0.164 e. The van der Waals surface area contributed by atoms with E-state index in [0.717, 1.165) is 55.0 Å². The summed E-state index contributed by atoms with van der Waals surface area (Å²) in [5.74, 6) is 2.19. The van der Waals surface area contributed by atoms with Gasteiger partial charge in [-0.25, -0.2) is 15.0 Å². The largest absolute Gasteiger partial charge is 0.370 e. The third kappa shape index (κ3) is 6.90. The number of rotatable bonds is 7. The van der Waals surface area contributed by atoms with Gasteiger partial charge in [-0.3, -0.25) is 0 Å². The third-order valence-corrected chi connectivity index (χ3v) is 11.7. The molecule has 0 saturated carbocycles. The van der Waals surface area contributed by atoms with Crippen LogP contribution in [0.2, 0.25) is 0 Å². The van der Waals surface area contributed by atoms with Crippen molar-refractivity contribution in [3.05, 3.63) is 191 Å². The van der Waals surface area contributed by atoms with Gasteiger partial charge < -0.3 is 4.90 Å². The molecule has 2 aliphatic carbocycles. The predicted octanol–water partition coefficient (Wildman–Crippen LogP) is 13.3. The normalized spacial score (nSPS) is 13.8. The van der Waals surface area contributed by atoms with Crippen LogP contribution in [0.4, 0.5) is 5.69 Å². The first-order valence-corrected chi connectivity index (χ1v) is 20.7. The van der Waals surface area contributed by atoms with Gasteiger partial charge in [0.05, 0.1) is 0 Å². The first-order valence-electron chi connectivity index (χ1n) is 20.7. The molecule has 0 bridgehead atoms. The van der Waals surface area contributed by atoms with Crippen LogP contribution < -0.4 is 4.90 Å². The number of anilines is 1. The van der Waals surface area contributed by atoms with E-state index in [1.54, 1.807) is 0 Å². The number of hydrogen-bond donors (Lipinski definition) is 0. The molecule has 0 atom stereocenters. The van der Waals surface area contributed by atoms with Gasteiger partial charge in [-0.05, 0) is 99.9 Å². The minimum Gasteiger partial charge on any atom is -0.370 e. The average molecular weight is 753 g/mol. The molecule has 0 fully saturated rings. The number of aryl methyl sites for hydroxylation is 1. The van der Waals surface area contributed by atoms with Crippen molar-refractivity contribution < 1.29 is 0 Å². The van der Waals surface area contributed by atoms with E-state index in [0.29, 0.717) is 5.82 Å². The van der Waals surface area contributed by atoms with E-state index in [2.05, 4.69) is 171 Å². The van der Waals surface area contributed by atoms with Gasteiger partial charge >= 0.3 is 0 Å². The Balaban J connectivity index is 0.00000215. The van der Waals surface area contributed by atoms with Crippen molar-refractivity contribution in [2.75, 3.05) is 18.5 Å². The summed E-state index contributed by atoms with van der Waals surface area (Å²) >= 11 is 0. The average Bonchev–Trinajstić information content (AvgIpc) is 3.68. The molecule has 1 aromatic heterocycles. The van der Waals surface area contributed by atoms with Crippen molar-refractivity contribution in [3.8, 4) is 56.2 Å². The molecule has 284 valence electrons. The van der Waals surface area contributed by atoms with Crippen LogP contribution in [-0.4, -0.2) is 28.5 Å². The van der Waals surface area contributed by atoms with Gasteiger partial charge in [0.2, 0.25) is 0 Å². The first kappa shape index (κ1) is 37.0. The Hall–Kier alpha value is -6.65. The van der Waals surface area contributed by atoms with Crippen LogP contribution in [0.5, 0.6) is 0 Å². The maximum absolute atomic E-state index is 5.35. The summed E-state index contributed by atoms with van der Waals surface area (Å²) in [7, 11) is 2.16. The summed E-state index contributed by atoms with van der Waals surface area (Å²) < 4.78 is 0. The molecule has 6 aromatic carbocycles. The quantitative estimate of drug-likeness (QED) is 0.163. The molecular formula is C54H48N4. The van der Waals surface area contributed by atoms with Crippen LogP contribution in [0.25, 0.3) is 67.8 Å². The van der Waals surface area contributed by atoms with Gasteiger partial charge in [0, 0.05) is 41.5 Å². The number of likely N-dealkylation sites (N-methyl/N-ethyl adjacent to an activating group) is 1. The van der Waals surface area contributed by atoms with Gasteiger partial charge in [-0.1, -0.05) is 166 Å². The number of hydrogen-bond acceptors (Lipinski definition) is 4. The van der Waals surface area contributed by atoms with Crippen molar-refractivity contribution in [1.82, 2.24) is 15.0 Å². The van der Waals surface area contributed by atoms with Crippen LogP contribution in [0.1, 0.15) is 60.3 Å². The van der Waals surface area contributed by atoms with Crippen molar-refractivity contribution in [3.63, 3.8) is 0 Å². The van der Waals surface area contributed by atoms with Crippen molar-refractivity contribution >= 4 is 17.3 Å². The van der Waals surface area contributed by atoms with Crippen molar-refractivity contribution in [2.24, 2.45) is 0 Å². The fourth-order valence-corrected chi connectivity index (χ4v) is 8.79. The highest BCUT2D eigenvalue weighted by molar-refractivity contribution is 5.93. The zero-order valence-electron chi connectivity index (χ0n) is 33.8. The standard InChI is InChI=1S/C52H42N4.C2H6/c1-34-14-6-7-17-38(34)32-39-18-8-9-20-43(39)51-53-50(37-15-4-3-5-16-37)54-52(55-51)46-24-10-19-40-33-47-42(21-11-23-45(47)49(40)46)36-29-27-35(28-30-36)41-22-12-26-48-44(41)25-13-31-56(48)2;1-2/h3-8,10-19,21-30H,9,20,31-33H2,1-2H3;1-2H3. The molecule has 0 N–H and O–H groups in total. The molecule has 0 spiro atoms. The van der Waals surface area contributed by atoms with Crippen molar-refractivity contribution in [2.45, 2.75) is 46.5 Å². The molecular weight excluding hydrogens is 705 g/mol. The highest BCUT2D eigenvalue weighted by Crippen LogP contribution is 2.46. The second-order valence-corrected chi connectivity index (χ2v) is 15.2. The number of allylic oxidation sites excluding steroid dienone is 4. The minimum atomic E-state index is 0.703. The molecule has 2 heterocycles. The maximum atomic E-state index is 5.35.